The van der Waals surface area contributed by atoms with Crippen molar-refractivity contribution in [2.24, 2.45) is 0 Å². The summed E-state index contributed by atoms with van der Waals surface area (Å²) in [5, 5.41) is 12.3. The summed E-state index contributed by atoms with van der Waals surface area (Å²) < 4.78 is 32.9. The number of rotatable bonds is 9. The molecule has 0 aliphatic carbocycles. The minimum Gasteiger partial charge on any atom is -0.478 e. The molecule has 0 saturated carbocycles. The fourth-order valence-corrected chi connectivity index (χ4v) is 3.61. The molecular weight excluding hydrogens is 344 g/mol. The summed E-state index contributed by atoms with van der Waals surface area (Å²) in [6.07, 6.45) is 3.26. The van der Waals surface area contributed by atoms with E-state index in [4.69, 9.17) is 9.52 Å². The molecule has 3 N–H and O–H groups in total. The van der Waals surface area contributed by atoms with Gasteiger partial charge in [0, 0.05) is 6.04 Å². The van der Waals surface area contributed by atoms with E-state index in [-0.39, 0.29) is 23.0 Å². The first kappa shape index (κ1) is 19.0. The van der Waals surface area contributed by atoms with Crippen LogP contribution in [0.25, 0.3) is 0 Å². The van der Waals surface area contributed by atoms with E-state index in [0.717, 1.165) is 18.9 Å². The SMILES string of the molecule is CCC[C@@H](C)Nc1ccc(C(=O)O)cc1S(=O)(=O)NCc1ccco1. The largest absolute Gasteiger partial charge is 0.478 e. The van der Waals surface area contributed by atoms with Gasteiger partial charge in [0.1, 0.15) is 10.7 Å². The Labute approximate surface area is 147 Å². The van der Waals surface area contributed by atoms with Crippen LogP contribution in [0, 0.1) is 0 Å². The summed E-state index contributed by atoms with van der Waals surface area (Å²) >= 11 is 0. The molecule has 0 aliphatic rings. The molecule has 8 heteroatoms. The van der Waals surface area contributed by atoms with Crippen molar-refractivity contribution in [3.05, 3.63) is 47.9 Å². The van der Waals surface area contributed by atoms with Crippen LogP contribution in [0.1, 0.15) is 42.8 Å². The lowest BCUT2D eigenvalue weighted by Gasteiger charge is -2.18. The molecule has 2 rings (SSSR count). The van der Waals surface area contributed by atoms with Gasteiger partial charge < -0.3 is 14.8 Å². The Kier molecular flexibility index (Phi) is 6.22. The number of aromatic carboxylic acids is 1. The zero-order chi connectivity index (χ0) is 18.4. The Morgan fingerprint density at radius 1 is 1.32 bits per heavy atom. The number of benzene rings is 1. The molecule has 1 heterocycles. The number of nitrogens with one attached hydrogen (secondary N) is 2. The smallest absolute Gasteiger partial charge is 0.335 e. The van der Waals surface area contributed by atoms with Gasteiger partial charge in [-0.1, -0.05) is 13.3 Å². The van der Waals surface area contributed by atoms with E-state index >= 15 is 0 Å². The predicted octanol–water partition coefficient (Wildman–Crippen LogP) is 3.06. The fraction of sp³-hybridized carbons (Fsp3) is 0.353. The van der Waals surface area contributed by atoms with Gasteiger partial charge in [-0.15, -0.1) is 0 Å². The molecule has 0 aliphatic heterocycles. The van der Waals surface area contributed by atoms with Crippen molar-refractivity contribution < 1.29 is 22.7 Å². The first-order valence-electron chi connectivity index (χ1n) is 7.99. The van der Waals surface area contributed by atoms with E-state index in [2.05, 4.69) is 10.0 Å². The Morgan fingerprint density at radius 3 is 2.68 bits per heavy atom. The second-order valence-electron chi connectivity index (χ2n) is 5.75. The molecule has 0 amide bonds. The molecule has 25 heavy (non-hydrogen) atoms. The molecular formula is C17H22N2O5S. The van der Waals surface area contributed by atoms with E-state index < -0.39 is 16.0 Å². The van der Waals surface area contributed by atoms with Gasteiger partial charge in [-0.3, -0.25) is 0 Å². The molecule has 1 aromatic heterocycles. The summed E-state index contributed by atoms with van der Waals surface area (Å²) in [5.74, 6) is -0.720. The molecule has 0 radical (unpaired) electrons. The normalized spacial score (nSPS) is 12.7. The number of hydrogen-bond acceptors (Lipinski definition) is 5. The second kappa shape index (κ2) is 8.17. The van der Waals surface area contributed by atoms with Gasteiger partial charge in [-0.25, -0.2) is 17.9 Å². The first-order valence-corrected chi connectivity index (χ1v) is 9.47. The summed E-state index contributed by atoms with van der Waals surface area (Å²) in [5.41, 5.74) is 0.282. The molecule has 0 spiro atoms. The van der Waals surface area contributed by atoms with Gasteiger partial charge in [0.25, 0.3) is 0 Å². The van der Waals surface area contributed by atoms with Crippen LogP contribution in [0.15, 0.2) is 45.9 Å². The topological polar surface area (TPSA) is 109 Å². The van der Waals surface area contributed by atoms with Crippen LogP contribution in [-0.2, 0) is 16.6 Å². The first-order chi connectivity index (χ1) is 11.8. The van der Waals surface area contributed by atoms with Crippen molar-refractivity contribution in [3.8, 4) is 0 Å². The van der Waals surface area contributed by atoms with Gasteiger partial charge in [-0.05, 0) is 43.7 Å². The summed E-state index contributed by atoms with van der Waals surface area (Å²) in [4.78, 5) is 11.1. The van der Waals surface area contributed by atoms with Gasteiger partial charge >= 0.3 is 5.97 Å². The Morgan fingerprint density at radius 2 is 2.08 bits per heavy atom. The summed E-state index contributed by atoms with van der Waals surface area (Å²) in [6.45, 7) is 3.96. The highest BCUT2D eigenvalue weighted by Crippen LogP contribution is 2.24. The third-order valence-corrected chi connectivity index (χ3v) is 5.10. The monoisotopic (exact) mass is 366 g/mol. The molecule has 0 bridgehead atoms. The number of anilines is 1. The molecule has 7 nitrogen and oxygen atoms in total. The van der Waals surface area contributed by atoms with Crippen LogP contribution >= 0.6 is 0 Å². The molecule has 0 saturated heterocycles. The number of carbonyl (C=O) groups is 1. The van der Waals surface area contributed by atoms with Crippen LogP contribution in [0.3, 0.4) is 0 Å². The lowest BCUT2D eigenvalue weighted by Crippen LogP contribution is -2.25. The Bertz CT molecular complexity index is 816. The van der Waals surface area contributed by atoms with E-state index in [1.165, 1.54) is 18.4 Å². The maximum Gasteiger partial charge on any atom is 0.335 e. The van der Waals surface area contributed by atoms with Crippen molar-refractivity contribution in [3.63, 3.8) is 0 Å². The predicted molar refractivity (Wildman–Crippen MR) is 94.1 cm³/mol. The number of hydrogen-bond donors (Lipinski definition) is 3. The van der Waals surface area contributed by atoms with Crippen molar-refractivity contribution in [1.29, 1.82) is 0 Å². The lowest BCUT2D eigenvalue weighted by molar-refractivity contribution is 0.0696. The Hall–Kier alpha value is -2.32. The molecule has 0 fully saturated rings. The second-order valence-corrected chi connectivity index (χ2v) is 7.49. The average Bonchev–Trinajstić information content (AvgIpc) is 3.07. The minimum absolute atomic E-state index is 0.0173. The third kappa shape index (κ3) is 5.07. The maximum atomic E-state index is 12.7. The lowest BCUT2D eigenvalue weighted by atomic mass is 10.1. The minimum atomic E-state index is -3.92. The van der Waals surface area contributed by atoms with Gasteiger partial charge in [0.2, 0.25) is 10.0 Å². The van der Waals surface area contributed by atoms with Gasteiger partial charge in [0.05, 0.1) is 24.1 Å². The highest BCUT2D eigenvalue weighted by Gasteiger charge is 2.22. The van der Waals surface area contributed by atoms with Gasteiger partial charge in [0.15, 0.2) is 0 Å². The number of carboxylic acids is 1. The molecule has 0 unspecified atom stereocenters. The van der Waals surface area contributed by atoms with E-state index in [0.29, 0.717) is 11.4 Å². The van der Waals surface area contributed by atoms with Gasteiger partial charge in [-0.2, -0.15) is 0 Å². The van der Waals surface area contributed by atoms with E-state index in [9.17, 15) is 13.2 Å². The van der Waals surface area contributed by atoms with Crippen LogP contribution in [0.2, 0.25) is 0 Å². The van der Waals surface area contributed by atoms with Crippen LogP contribution in [0.4, 0.5) is 5.69 Å². The number of sulfonamides is 1. The third-order valence-electron chi connectivity index (χ3n) is 3.66. The molecule has 136 valence electrons. The van der Waals surface area contributed by atoms with E-state index in [1.54, 1.807) is 12.1 Å². The van der Waals surface area contributed by atoms with Crippen molar-refractivity contribution >= 4 is 21.7 Å². The zero-order valence-corrected chi connectivity index (χ0v) is 15.0. The number of furan rings is 1. The molecule has 1 aromatic carbocycles. The van der Waals surface area contributed by atoms with Crippen LogP contribution in [0.5, 0.6) is 0 Å². The maximum absolute atomic E-state index is 12.7. The van der Waals surface area contributed by atoms with Crippen molar-refractivity contribution in [2.75, 3.05) is 5.32 Å². The molecule has 1 atom stereocenters. The average molecular weight is 366 g/mol. The van der Waals surface area contributed by atoms with E-state index in [1.807, 2.05) is 13.8 Å². The van der Waals surface area contributed by atoms with Crippen LogP contribution < -0.4 is 10.0 Å². The molecule has 2 aromatic rings. The fourth-order valence-electron chi connectivity index (χ4n) is 2.42. The summed E-state index contributed by atoms with van der Waals surface area (Å²) in [7, 11) is -3.92. The standard InChI is InChI=1S/C17H22N2O5S/c1-3-5-12(2)19-15-8-7-13(17(20)21)10-16(15)25(22,23)18-11-14-6-4-9-24-14/h4,6-10,12,18-19H,3,5,11H2,1-2H3,(H,20,21)/t12-/m1/s1. The van der Waals surface area contributed by atoms with Crippen LogP contribution in [-0.4, -0.2) is 25.5 Å². The van der Waals surface area contributed by atoms with Crippen molar-refractivity contribution in [2.45, 2.75) is 44.2 Å². The zero-order valence-electron chi connectivity index (χ0n) is 14.2. The summed E-state index contributed by atoms with van der Waals surface area (Å²) in [6, 6.07) is 7.40. The van der Waals surface area contributed by atoms with Crippen molar-refractivity contribution in [1.82, 2.24) is 4.72 Å². The highest BCUT2D eigenvalue weighted by molar-refractivity contribution is 7.89. The quantitative estimate of drug-likeness (QED) is 0.629. The highest BCUT2D eigenvalue weighted by atomic mass is 32.2. The Balaban J connectivity index is 2.33. The number of carboxylic acid groups (broad SMARTS) is 1.